The molecule has 2 aromatic rings. The number of hydrogen-bond acceptors (Lipinski definition) is 5. The maximum atomic E-state index is 11.7. The molecule has 1 heterocycles. The molecular weight excluding hydrogens is 256 g/mol. The van der Waals surface area contributed by atoms with E-state index >= 15 is 0 Å². The van der Waals surface area contributed by atoms with Crippen LogP contribution in [0.2, 0.25) is 0 Å². The van der Waals surface area contributed by atoms with Crippen molar-refractivity contribution in [3.8, 4) is 0 Å². The van der Waals surface area contributed by atoms with Crippen molar-refractivity contribution in [3.63, 3.8) is 0 Å². The Labute approximate surface area is 117 Å². The molecule has 20 heavy (non-hydrogen) atoms. The molecule has 0 radical (unpaired) electrons. The van der Waals surface area contributed by atoms with Gasteiger partial charge < -0.3 is 20.1 Å². The molecular formula is C14H18N4O2. The maximum absolute atomic E-state index is 11.7. The van der Waals surface area contributed by atoms with Crippen molar-refractivity contribution >= 4 is 23.1 Å². The van der Waals surface area contributed by atoms with E-state index < -0.39 is 0 Å². The van der Waals surface area contributed by atoms with E-state index in [0.717, 1.165) is 11.4 Å². The van der Waals surface area contributed by atoms with Crippen LogP contribution in [-0.4, -0.2) is 31.7 Å². The van der Waals surface area contributed by atoms with Crippen LogP contribution in [0.5, 0.6) is 0 Å². The largest absolute Gasteiger partial charge is 0.378 e. The fourth-order valence-electron chi connectivity index (χ4n) is 1.67. The zero-order valence-corrected chi connectivity index (χ0v) is 11.8. The van der Waals surface area contributed by atoms with Gasteiger partial charge in [0, 0.05) is 31.5 Å². The van der Waals surface area contributed by atoms with Gasteiger partial charge in [-0.25, -0.2) is 0 Å². The van der Waals surface area contributed by atoms with Crippen molar-refractivity contribution in [1.29, 1.82) is 0 Å². The zero-order valence-electron chi connectivity index (χ0n) is 11.8. The lowest BCUT2D eigenvalue weighted by atomic mass is 10.2. The first-order valence-electron chi connectivity index (χ1n) is 6.29. The van der Waals surface area contributed by atoms with Gasteiger partial charge in [-0.15, -0.1) is 0 Å². The summed E-state index contributed by atoms with van der Waals surface area (Å²) in [5, 5.41) is 9.40. The predicted octanol–water partition coefficient (Wildman–Crippen LogP) is 2.10. The van der Waals surface area contributed by atoms with E-state index in [0.29, 0.717) is 11.6 Å². The SMILES string of the molecule is Cc1cc(NC(=O)CNc2ccc(N(C)C)cc2)no1. The van der Waals surface area contributed by atoms with Gasteiger partial charge in [-0.1, -0.05) is 5.16 Å². The Kier molecular flexibility index (Phi) is 4.24. The second kappa shape index (κ2) is 6.10. The number of benzene rings is 1. The van der Waals surface area contributed by atoms with Crippen molar-refractivity contribution in [2.75, 3.05) is 36.2 Å². The second-order valence-corrected chi connectivity index (χ2v) is 4.67. The summed E-state index contributed by atoms with van der Waals surface area (Å²) in [7, 11) is 3.96. The Morgan fingerprint density at radius 3 is 2.55 bits per heavy atom. The Morgan fingerprint density at radius 2 is 2.00 bits per heavy atom. The number of nitrogens with zero attached hydrogens (tertiary/aromatic N) is 2. The zero-order chi connectivity index (χ0) is 14.5. The van der Waals surface area contributed by atoms with Gasteiger partial charge in [0.2, 0.25) is 5.91 Å². The lowest BCUT2D eigenvalue weighted by Gasteiger charge is -2.13. The molecule has 6 nitrogen and oxygen atoms in total. The minimum absolute atomic E-state index is 0.171. The normalized spacial score (nSPS) is 10.2. The lowest BCUT2D eigenvalue weighted by molar-refractivity contribution is -0.114. The number of carbonyl (C=O) groups is 1. The summed E-state index contributed by atoms with van der Waals surface area (Å²) >= 11 is 0. The number of aryl methyl sites for hydroxylation is 1. The fraction of sp³-hybridized carbons (Fsp3) is 0.286. The third-order valence-corrected chi connectivity index (χ3v) is 2.73. The molecule has 1 aromatic heterocycles. The molecule has 1 aromatic carbocycles. The number of hydrogen-bond donors (Lipinski definition) is 2. The molecule has 0 atom stereocenters. The molecule has 6 heteroatoms. The van der Waals surface area contributed by atoms with Gasteiger partial charge in [-0.3, -0.25) is 4.79 Å². The monoisotopic (exact) mass is 274 g/mol. The van der Waals surface area contributed by atoms with E-state index in [-0.39, 0.29) is 12.5 Å². The van der Waals surface area contributed by atoms with E-state index in [1.807, 2.05) is 43.3 Å². The number of aromatic nitrogens is 1. The number of rotatable bonds is 5. The standard InChI is InChI=1S/C14H18N4O2/c1-10-8-13(17-20-10)16-14(19)9-15-11-4-6-12(7-5-11)18(2)3/h4-8,15H,9H2,1-3H3,(H,16,17,19). The smallest absolute Gasteiger partial charge is 0.244 e. The highest BCUT2D eigenvalue weighted by atomic mass is 16.5. The Morgan fingerprint density at radius 1 is 1.30 bits per heavy atom. The van der Waals surface area contributed by atoms with Gasteiger partial charge >= 0.3 is 0 Å². The molecule has 0 unspecified atom stereocenters. The molecule has 0 bridgehead atoms. The molecule has 106 valence electrons. The van der Waals surface area contributed by atoms with Gasteiger partial charge in [0.15, 0.2) is 5.82 Å². The highest BCUT2D eigenvalue weighted by Gasteiger charge is 2.05. The third kappa shape index (κ3) is 3.74. The van der Waals surface area contributed by atoms with Crippen LogP contribution in [0.3, 0.4) is 0 Å². The maximum Gasteiger partial charge on any atom is 0.244 e. The topological polar surface area (TPSA) is 70.4 Å². The average Bonchev–Trinajstić information content (AvgIpc) is 2.82. The first-order chi connectivity index (χ1) is 9.54. The molecule has 2 rings (SSSR count). The van der Waals surface area contributed by atoms with Crippen LogP contribution in [-0.2, 0) is 4.79 Å². The van der Waals surface area contributed by atoms with Gasteiger partial charge in [0.1, 0.15) is 5.76 Å². The molecule has 0 aliphatic heterocycles. The molecule has 0 aliphatic rings. The third-order valence-electron chi connectivity index (χ3n) is 2.73. The highest BCUT2D eigenvalue weighted by molar-refractivity contribution is 5.92. The van der Waals surface area contributed by atoms with Crippen LogP contribution < -0.4 is 15.5 Å². The van der Waals surface area contributed by atoms with E-state index in [1.165, 1.54) is 0 Å². The van der Waals surface area contributed by atoms with E-state index in [9.17, 15) is 4.79 Å². The van der Waals surface area contributed by atoms with Crippen LogP contribution in [0.15, 0.2) is 34.9 Å². The molecule has 0 saturated heterocycles. The van der Waals surface area contributed by atoms with Gasteiger partial charge in [0.25, 0.3) is 0 Å². The van der Waals surface area contributed by atoms with Crippen LogP contribution in [0.25, 0.3) is 0 Å². The van der Waals surface area contributed by atoms with Gasteiger partial charge in [-0.2, -0.15) is 0 Å². The summed E-state index contributed by atoms with van der Waals surface area (Å²) in [6.45, 7) is 1.94. The van der Waals surface area contributed by atoms with Crippen molar-refractivity contribution in [2.24, 2.45) is 0 Å². The van der Waals surface area contributed by atoms with Crippen molar-refractivity contribution < 1.29 is 9.32 Å². The molecule has 0 spiro atoms. The predicted molar refractivity (Wildman–Crippen MR) is 79.1 cm³/mol. The minimum Gasteiger partial charge on any atom is -0.378 e. The summed E-state index contributed by atoms with van der Waals surface area (Å²) in [6.07, 6.45) is 0. The summed E-state index contributed by atoms with van der Waals surface area (Å²) in [4.78, 5) is 13.7. The van der Waals surface area contributed by atoms with Crippen LogP contribution in [0, 0.1) is 6.92 Å². The summed E-state index contributed by atoms with van der Waals surface area (Å²) in [6, 6.07) is 9.51. The number of amides is 1. The van der Waals surface area contributed by atoms with Crippen molar-refractivity contribution in [2.45, 2.75) is 6.92 Å². The van der Waals surface area contributed by atoms with Gasteiger partial charge in [0.05, 0.1) is 6.54 Å². The summed E-state index contributed by atoms with van der Waals surface area (Å²) in [5.74, 6) is 0.916. The second-order valence-electron chi connectivity index (χ2n) is 4.67. The van der Waals surface area contributed by atoms with Crippen LogP contribution >= 0.6 is 0 Å². The minimum atomic E-state index is -0.171. The van der Waals surface area contributed by atoms with E-state index in [1.54, 1.807) is 13.0 Å². The molecule has 1 amide bonds. The van der Waals surface area contributed by atoms with Crippen LogP contribution in [0.1, 0.15) is 5.76 Å². The quantitative estimate of drug-likeness (QED) is 0.873. The summed E-state index contributed by atoms with van der Waals surface area (Å²) in [5.41, 5.74) is 2.00. The van der Waals surface area contributed by atoms with E-state index in [2.05, 4.69) is 15.8 Å². The Bertz CT molecular complexity index is 575. The first-order valence-corrected chi connectivity index (χ1v) is 6.29. The van der Waals surface area contributed by atoms with Crippen LogP contribution in [0.4, 0.5) is 17.2 Å². The molecule has 0 fully saturated rings. The number of nitrogens with one attached hydrogen (secondary N) is 2. The molecule has 2 N–H and O–H groups in total. The van der Waals surface area contributed by atoms with E-state index in [4.69, 9.17) is 4.52 Å². The first kappa shape index (κ1) is 13.9. The summed E-state index contributed by atoms with van der Waals surface area (Å²) < 4.78 is 4.87. The van der Waals surface area contributed by atoms with Crippen molar-refractivity contribution in [1.82, 2.24) is 5.16 Å². The highest BCUT2D eigenvalue weighted by Crippen LogP contribution is 2.15. The van der Waals surface area contributed by atoms with Gasteiger partial charge in [-0.05, 0) is 31.2 Å². The Hall–Kier alpha value is -2.50. The fourth-order valence-corrected chi connectivity index (χ4v) is 1.67. The number of carbonyl (C=O) groups excluding carboxylic acids is 1. The number of anilines is 3. The Balaban J connectivity index is 1.83. The molecule has 0 saturated carbocycles. The lowest BCUT2D eigenvalue weighted by Crippen LogP contribution is -2.21. The average molecular weight is 274 g/mol. The molecule has 0 aliphatic carbocycles. The van der Waals surface area contributed by atoms with Crippen molar-refractivity contribution in [3.05, 3.63) is 36.1 Å².